The van der Waals surface area contributed by atoms with Crippen molar-refractivity contribution in [3.05, 3.63) is 36.2 Å². The van der Waals surface area contributed by atoms with Gasteiger partial charge in [-0.2, -0.15) is 5.10 Å². The number of methoxy groups -OCH3 is 2. The molecule has 0 radical (unpaired) electrons. The lowest BCUT2D eigenvalue weighted by Crippen LogP contribution is -2.56. The Balaban J connectivity index is 0.00000363. The Hall–Kier alpha value is -2.50. The largest absolute Gasteiger partial charge is 0.493 e. The summed E-state index contributed by atoms with van der Waals surface area (Å²) in [4.78, 5) is 20.9. The van der Waals surface area contributed by atoms with Gasteiger partial charge in [0.2, 0.25) is 5.91 Å². The molecule has 1 amide bonds. The number of anilines is 1. The van der Waals surface area contributed by atoms with Gasteiger partial charge < -0.3 is 24.6 Å². The zero-order valence-electron chi connectivity index (χ0n) is 19.6. The second-order valence-electron chi connectivity index (χ2n) is 8.19. The summed E-state index contributed by atoms with van der Waals surface area (Å²) in [6.07, 6.45) is 3.57. The average molecular weight is 556 g/mol. The summed E-state index contributed by atoms with van der Waals surface area (Å²) in [5, 5.41) is 7.60. The van der Waals surface area contributed by atoms with Crippen molar-refractivity contribution in [2.75, 3.05) is 52.3 Å². The molecule has 2 aromatic rings. The van der Waals surface area contributed by atoms with E-state index in [1.807, 2.05) is 36.3 Å². The fourth-order valence-corrected chi connectivity index (χ4v) is 3.67. The first-order valence-corrected chi connectivity index (χ1v) is 10.3. The molecule has 0 spiro atoms. The number of hydrogen-bond acceptors (Lipinski definition) is 5. The molecule has 1 fully saturated rings. The van der Waals surface area contributed by atoms with Crippen LogP contribution in [0.5, 0.6) is 11.5 Å². The van der Waals surface area contributed by atoms with Crippen LogP contribution in [0.1, 0.15) is 19.4 Å². The van der Waals surface area contributed by atoms with Gasteiger partial charge in [-0.3, -0.25) is 14.5 Å². The van der Waals surface area contributed by atoms with Crippen molar-refractivity contribution < 1.29 is 14.3 Å². The predicted octanol–water partition coefficient (Wildman–Crippen LogP) is 2.26. The molecule has 2 heterocycles. The van der Waals surface area contributed by atoms with Crippen LogP contribution in [0, 0.1) is 0 Å². The second-order valence-corrected chi connectivity index (χ2v) is 8.19. The number of halogens is 1. The van der Waals surface area contributed by atoms with E-state index in [1.54, 1.807) is 37.0 Å². The third-order valence-electron chi connectivity index (χ3n) is 5.59. The van der Waals surface area contributed by atoms with E-state index in [0.29, 0.717) is 37.1 Å². The highest BCUT2D eigenvalue weighted by Gasteiger charge is 2.29. The lowest BCUT2D eigenvalue weighted by Gasteiger charge is -2.36. The summed E-state index contributed by atoms with van der Waals surface area (Å²) < 4.78 is 12.5. The molecule has 0 bridgehead atoms. The maximum atomic E-state index is 12.7. The van der Waals surface area contributed by atoms with E-state index in [4.69, 9.17) is 9.47 Å². The Morgan fingerprint density at radius 1 is 1.22 bits per heavy atom. The molecule has 0 unspecified atom stereocenters. The van der Waals surface area contributed by atoms with Gasteiger partial charge in [-0.05, 0) is 17.7 Å². The minimum absolute atomic E-state index is 0. The van der Waals surface area contributed by atoms with E-state index in [0.717, 1.165) is 11.3 Å². The molecule has 1 saturated heterocycles. The van der Waals surface area contributed by atoms with Crippen molar-refractivity contribution in [1.82, 2.24) is 20.0 Å². The van der Waals surface area contributed by atoms with Gasteiger partial charge in [0, 0.05) is 45.3 Å². The van der Waals surface area contributed by atoms with Crippen LogP contribution in [0.15, 0.2) is 35.6 Å². The minimum Gasteiger partial charge on any atom is -0.493 e. The first-order chi connectivity index (χ1) is 14.8. The molecule has 9 nitrogen and oxygen atoms in total. The number of carbonyl (C=O) groups is 1. The third-order valence-corrected chi connectivity index (χ3v) is 5.59. The Morgan fingerprint density at radius 3 is 2.50 bits per heavy atom. The van der Waals surface area contributed by atoms with E-state index >= 15 is 0 Å². The fourth-order valence-electron chi connectivity index (χ4n) is 3.67. The highest BCUT2D eigenvalue weighted by molar-refractivity contribution is 14.0. The molecule has 1 aliphatic heterocycles. The number of aryl methyl sites for hydroxylation is 1. The topological polar surface area (TPSA) is 84.2 Å². The van der Waals surface area contributed by atoms with Crippen LogP contribution in [0.2, 0.25) is 0 Å². The van der Waals surface area contributed by atoms with Gasteiger partial charge in [0.1, 0.15) is 6.54 Å². The highest BCUT2D eigenvalue weighted by Crippen LogP contribution is 2.33. The predicted molar refractivity (Wildman–Crippen MR) is 136 cm³/mol. The summed E-state index contributed by atoms with van der Waals surface area (Å²) in [7, 11) is 6.85. The first kappa shape index (κ1) is 25.8. The monoisotopic (exact) mass is 556 g/mol. The Kier molecular flexibility index (Phi) is 8.76. The normalized spacial score (nSPS) is 14.8. The van der Waals surface area contributed by atoms with E-state index in [1.165, 1.54) is 0 Å². The summed E-state index contributed by atoms with van der Waals surface area (Å²) in [6, 6.07) is 5.96. The standard InChI is InChI=1S/C22H32N6O3.HI/c1-22(2,16-7-8-18(30-5)19(11-16)31-6)15-24-21(23-3)27-9-10-28(20(29)14-27)17-12-25-26(4)13-17;/h7-8,11-13H,9-10,14-15H2,1-6H3,(H,23,24);1H. The van der Waals surface area contributed by atoms with Gasteiger partial charge in [0.15, 0.2) is 17.5 Å². The van der Waals surface area contributed by atoms with Gasteiger partial charge in [0.25, 0.3) is 0 Å². The summed E-state index contributed by atoms with van der Waals surface area (Å²) in [5.41, 5.74) is 1.74. The molecule has 176 valence electrons. The fraction of sp³-hybridized carbons (Fsp3) is 0.500. The van der Waals surface area contributed by atoms with Gasteiger partial charge in [-0.25, -0.2) is 0 Å². The van der Waals surface area contributed by atoms with Crippen LogP contribution in [-0.2, 0) is 17.3 Å². The lowest BCUT2D eigenvalue weighted by molar-refractivity contribution is -0.120. The van der Waals surface area contributed by atoms with Crippen LogP contribution in [0.3, 0.4) is 0 Å². The zero-order chi connectivity index (χ0) is 22.6. The molecule has 0 aliphatic carbocycles. The second kappa shape index (κ2) is 10.9. The number of piperazine rings is 1. The number of rotatable bonds is 6. The maximum absolute atomic E-state index is 12.7. The summed E-state index contributed by atoms with van der Waals surface area (Å²) in [6.45, 7) is 6.50. The molecule has 1 N–H and O–H groups in total. The van der Waals surface area contributed by atoms with Crippen molar-refractivity contribution >= 4 is 41.5 Å². The van der Waals surface area contributed by atoms with Crippen LogP contribution in [0.25, 0.3) is 0 Å². The van der Waals surface area contributed by atoms with Crippen molar-refractivity contribution in [2.45, 2.75) is 19.3 Å². The smallest absolute Gasteiger partial charge is 0.246 e. The number of nitrogens with one attached hydrogen (secondary N) is 1. The van der Waals surface area contributed by atoms with Crippen molar-refractivity contribution in [3.8, 4) is 11.5 Å². The van der Waals surface area contributed by atoms with Crippen molar-refractivity contribution in [2.24, 2.45) is 12.0 Å². The number of amides is 1. The molecule has 0 saturated carbocycles. The molecule has 3 rings (SSSR count). The number of benzene rings is 1. The Bertz CT molecular complexity index is 959. The van der Waals surface area contributed by atoms with Gasteiger partial charge in [-0.1, -0.05) is 19.9 Å². The van der Waals surface area contributed by atoms with E-state index in [-0.39, 0.29) is 41.8 Å². The van der Waals surface area contributed by atoms with Gasteiger partial charge in [-0.15, -0.1) is 24.0 Å². The molecule has 1 aromatic carbocycles. The molecule has 32 heavy (non-hydrogen) atoms. The van der Waals surface area contributed by atoms with Crippen molar-refractivity contribution in [1.29, 1.82) is 0 Å². The summed E-state index contributed by atoms with van der Waals surface area (Å²) >= 11 is 0. The quantitative estimate of drug-likeness (QED) is 0.334. The highest BCUT2D eigenvalue weighted by atomic mass is 127. The van der Waals surface area contributed by atoms with Crippen LogP contribution < -0.4 is 19.7 Å². The molecular weight excluding hydrogens is 523 g/mol. The summed E-state index contributed by atoms with van der Waals surface area (Å²) in [5.74, 6) is 2.15. The molecular formula is C22H33IN6O3. The van der Waals surface area contributed by atoms with Gasteiger partial charge >= 0.3 is 0 Å². The van der Waals surface area contributed by atoms with Crippen LogP contribution in [-0.4, -0.2) is 74.0 Å². The number of hydrogen-bond donors (Lipinski definition) is 1. The molecule has 10 heteroatoms. The number of ether oxygens (including phenoxy) is 2. The Labute approximate surface area is 206 Å². The maximum Gasteiger partial charge on any atom is 0.246 e. The molecule has 1 aromatic heterocycles. The van der Waals surface area contributed by atoms with E-state index in [2.05, 4.69) is 29.3 Å². The lowest BCUT2D eigenvalue weighted by atomic mass is 9.84. The van der Waals surface area contributed by atoms with E-state index in [9.17, 15) is 4.79 Å². The molecule has 1 aliphatic rings. The van der Waals surface area contributed by atoms with Gasteiger partial charge in [0.05, 0.1) is 26.1 Å². The zero-order valence-corrected chi connectivity index (χ0v) is 21.9. The van der Waals surface area contributed by atoms with Crippen molar-refractivity contribution in [3.63, 3.8) is 0 Å². The number of guanidine groups is 1. The number of aliphatic imine (C=N–C) groups is 1. The van der Waals surface area contributed by atoms with Crippen LogP contribution in [0.4, 0.5) is 5.69 Å². The minimum atomic E-state index is -0.197. The Morgan fingerprint density at radius 2 is 1.94 bits per heavy atom. The molecule has 0 atom stereocenters. The van der Waals surface area contributed by atoms with E-state index < -0.39 is 0 Å². The third kappa shape index (κ3) is 5.64. The van der Waals surface area contributed by atoms with Crippen LogP contribution >= 0.6 is 24.0 Å². The number of nitrogens with zero attached hydrogens (tertiary/aromatic N) is 5. The SMILES string of the molecule is CN=C(NCC(C)(C)c1ccc(OC)c(OC)c1)N1CCN(c2cnn(C)c2)C(=O)C1.I. The number of carbonyl (C=O) groups excluding carboxylic acids is 1. The average Bonchev–Trinajstić information content (AvgIpc) is 3.19. The first-order valence-electron chi connectivity index (χ1n) is 10.3. The number of aromatic nitrogens is 2.